The molecular weight excluding hydrogens is 316 g/mol. The zero-order valence-corrected chi connectivity index (χ0v) is 15.7. The molecule has 0 unspecified atom stereocenters. The lowest BCUT2D eigenvalue weighted by atomic mass is 9.43. The van der Waals surface area contributed by atoms with Crippen molar-refractivity contribution in [2.75, 3.05) is 13.7 Å². The zero-order chi connectivity index (χ0) is 18.2. The van der Waals surface area contributed by atoms with Crippen molar-refractivity contribution in [1.82, 2.24) is 0 Å². The van der Waals surface area contributed by atoms with Gasteiger partial charge in [-0.25, -0.2) is 0 Å². The normalized spacial score (nSPS) is 50.0. The molecule has 0 aliphatic heterocycles. The van der Waals surface area contributed by atoms with Crippen molar-refractivity contribution in [3.05, 3.63) is 11.6 Å². The Hall–Kier alpha value is -1.16. The molecule has 1 N–H and O–H groups in total. The molecule has 4 heteroatoms. The molecule has 0 spiro atoms. The van der Waals surface area contributed by atoms with Crippen molar-refractivity contribution in [1.29, 1.82) is 0 Å². The van der Waals surface area contributed by atoms with Gasteiger partial charge in [0.2, 0.25) is 0 Å². The number of hydrogen-bond donors (Lipinski definition) is 1. The monoisotopic (exact) mass is 346 g/mol. The van der Waals surface area contributed by atoms with Gasteiger partial charge in [-0.15, -0.1) is 0 Å². The maximum atomic E-state index is 13.0. The number of ether oxygens (including phenoxy) is 1. The van der Waals surface area contributed by atoms with Crippen LogP contribution in [0.2, 0.25) is 0 Å². The molecule has 3 saturated carbocycles. The number of carbonyl (C=O) groups excluding carboxylic acids is 1. The van der Waals surface area contributed by atoms with E-state index in [4.69, 9.17) is 4.74 Å². The fraction of sp³-hybridized carbons (Fsp3) is 0.810. The van der Waals surface area contributed by atoms with Gasteiger partial charge in [0.1, 0.15) is 11.7 Å². The fourth-order valence-corrected chi connectivity index (χ4v) is 7.89. The summed E-state index contributed by atoms with van der Waals surface area (Å²) in [6, 6.07) is 0. The lowest BCUT2D eigenvalue weighted by molar-refractivity contribution is -0.185. The molecule has 0 heterocycles. The summed E-state index contributed by atoms with van der Waals surface area (Å²) >= 11 is 0. The van der Waals surface area contributed by atoms with Crippen LogP contribution in [0, 0.1) is 45.8 Å². The maximum Gasteiger partial charge on any atom is 0.315 e. The van der Waals surface area contributed by atoms with Crippen LogP contribution in [0.1, 0.15) is 46.5 Å². The Balaban J connectivity index is 2.02. The van der Waals surface area contributed by atoms with Gasteiger partial charge in [-0.2, -0.15) is 0 Å². The molecule has 25 heavy (non-hydrogen) atoms. The van der Waals surface area contributed by atoms with E-state index in [2.05, 4.69) is 26.8 Å². The number of methoxy groups -OCH3 is 1. The van der Waals surface area contributed by atoms with Crippen molar-refractivity contribution in [3.63, 3.8) is 0 Å². The highest BCUT2D eigenvalue weighted by Crippen LogP contribution is 2.82. The van der Waals surface area contributed by atoms with E-state index in [0.717, 1.165) is 31.1 Å². The van der Waals surface area contributed by atoms with E-state index < -0.39 is 22.2 Å². The highest BCUT2D eigenvalue weighted by atomic mass is 16.5. The van der Waals surface area contributed by atoms with Gasteiger partial charge in [0.05, 0.1) is 12.0 Å². The number of carbonyl (C=O) groups is 2. The molecule has 0 aromatic heterocycles. The second-order valence-corrected chi connectivity index (χ2v) is 9.42. The fourth-order valence-electron chi connectivity index (χ4n) is 7.89. The molecule has 7 atom stereocenters. The lowest BCUT2D eigenvalue weighted by Crippen LogP contribution is -2.63. The molecular formula is C21H30O4. The third-order valence-electron chi connectivity index (χ3n) is 8.52. The molecule has 4 aliphatic carbocycles. The van der Waals surface area contributed by atoms with Gasteiger partial charge < -0.3 is 14.6 Å². The molecule has 4 nitrogen and oxygen atoms in total. The molecule has 4 aliphatic rings. The van der Waals surface area contributed by atoms with Crippen LogP contribution in [0.15, 0.2) is 11.6 Å². The molecule has 138 valence electrons. The first kappa shape index (κ1) is 17.3. The lowest BCUT2D eigenvalue weighted by Gasteiger charge is -2.58. The second kappa shape index (κ2) is 5.18. The summed E-state index contributed by atoms with van der Waals surface area (Å²) in [6.07, 6.45) is 6.94. The minimum Gasteiger partial charge on any atom is -0.481 e. The van der Waals surface area contributed by atoms with E-state index in [1.165, 1.54) is 0 Å². The van der Waals surface area contributed by atoms with Crippen molar-refractivity contribution >= 4 is 12.3 Å². The van der Waals surface area contributed by atoms with Crippen molar-refractivity contribution in [3.8, 4) is 0 Å². The van der Waals surface area contributed by atoms with Gasteiger partial charge in [0.15, 0.2) is 0 Å². The van der Waals surface area contributed by atoms with Crippen LogP contribution in [-0.4, -0.2) is 31.1 Å². The predicted molar refractivity (Wildman–Crippen MR) is 93.9 cm³/mol. The average molecular weight is 346 g/mol. The first-order valence-corrected chi connectivity index (χ1v) is 9.73. The average Bonchev–Trinajstić information content (AvgIpc) is 3.12. The van der Waals surface area contributed by atoms with E-state index >= 15 is 0 Å². The van der Waals surface area contributed by atoms with Gasteiger partial charge in [-0.05, 0) is 48.9 Å². The van der Waals surface area contributed by atoms with Crippen LogP contribution < -0.4 is 0 Å². The number of allylic oxidation sites excluding steroid dienone is 1. The third-order valence-corrected chi connectivity index (χ3v) is 8.52. The molecule has 0 radical (unpaired) electrons. The molecule has 3 fully saturated rings. The molecule has 0 saturated heterocycles. The predicted octanol–water partition coefficient (Wildman–Crippen LogP) is 3.56. The molecule has 4 rings (SSSR count). The minimum atomic E-state index is -1.08. The van der Waals surface area contributed by atoms with Gasteiger partial charge >= 0.3 is 5.97 Å². The highest BCUT2D eigenvalue weighted by molar-refractivity contribution is 5.90. The zero-order valence-electron chi connectivity index (χ0n) is 15.7. The molecule has 0 aromatic carbocycles. The summed E-state index contributed by atoms with van der Waals surface area (Å²) in [5.41, 5.74) is -1.32. The van der Waals surface area contributed by atoms with Crippen molar-refractivity contribution < 1.29 is 19.4 Å². The third kappa shape index (κ3) is 1.60. The SMILES string of the molecule is COC[C@@]12C[C@@H]3[C@H](C)CC[C@H]3[C@]3(C=O)C[C@H]1C=C(C(C)C)[C@@]23C(=O)O. The Kier molecular flexibility index (Phi) is 3.58. The first-order valence-electron chi connectivity index (χ1n) is 9.73. The minimum absolute atomic E-state index is 0.132. The summed E-state index contributed by atoms with van der Waals surface area (Å²) in [5.74, 6) is 0.684. The Bertz CT molecular complexity index is 652. The number of carboxylic acids is 1. The largest absolute Gasteiger partial charge is 0.481 e. The summed E-state index contributed by atoms with van der Waals surface area (Å²) in [7, 11) is 1.67. The van der Waals surface area contributed by atoms with E-state index in [1.54, 1.807) is 7.11 Å². The van der Waals surface area contributed by atoms with Crippen LogP contribution in [0.25, 0.3) is 0 Å². The Morgan fingerprint density at radius 2 is 2.12 bits per heavy atom. The van der Waals surface area contributed by atoms with Gasteiger partial charge in [-0.3, -0.25) is 4.79 Å². The van der Waals surface area contributed by atoms with Crippen LogP contribution in [0.3, 0.4) is 0 Å². The van der Waals surface area contributed by atoms with E-state index in [0.29, 0.717) is 24.9 Å². The van der Waals surface area contributed by atoms with E-state index in [9.17, 15) is 14.7 Å². The number of aliphatic carboxylic acids is 1. The molecule has 0 aromatic rings. The number of fused-ring (bicyclic) bond motifs is 2. The summed E-state index contributed by atoms with van der Waals surface area (Å²) in [5, 5.41) is 10.6. The van der Waals surface area contributed by atoms with Gasteiger partial charge in [0.25, 0.3) is 0 Å². The van der Waals surface area contributed by atoms with Gasteiger partial charge in [0, 0.05) is 12.5 Å². The smallest absolute Gasteiger partial charge is 0.315 e. The summed E-state index contributed by atoms with van der Waals surface area (Å²) in [6.45, 7) is 6.85. The summed E-state index contributed by atoms with van der Waals surface area (Å²) < 4.78 is 5.65. The Morgan fingerprint density at radius 1 is 1.40 bits per heavy atom. The van der Waals surface area contributed by atoms with Crippen LogP contribution in [-0.2, 0) is 14.3 Å². The number of carboxylic acid groups (broad SMARTS) is 1. The quantitative estimate of drug-likeness (QED) is 0.611. The van der Waals surface area contributed by atoms with E-state index in [1.807, 2.05) is 0 Å². The second-order valence-electron chi connectivity index (χ2n) is 9.42. The maximum absolute atomic E-state index is 13.0. The topological polar surface area (TPSA) is 63.6 Å². The Morgan fingerprint density at radius 3 is 2.68 bits per heavy atom. The summed E-state index contributed by atoms with van der Waals surface area (Å²) in [4.78, 5) is 25.6. The molecule has 4 bridgehead atoms. The standard InChI is InChI=1S/C21H30O4/c1-12(2)17-7-14-8-19(10-22)16-6-5-13(3)15(16)9-20(14,11-25-4)21(17,19)18(23)24/h7,10,12-16H,5-6,8-9,11H2,1-4H3,(H,23,24)/t13-,14-,15-,16-,19-,20+,21+/m1/s1. The molecule has 0 amide bonds. The van der Waals surface area contributed by atoms with Crippen LogP contribution in [0.5, 0.6) is 0 Å². The van der Waals surface area contributed by atoms with E-state index in [-0.39, 0.29) is 17.8 Å². The van der Waals surface area contributed by atoms with Crippen molar-refractivity contribution in [2.24, 2.45) is 45.8 Å². The number of aldehydes is 1. The van der Waals surface area contributed by atoms with Gasteiger partial charge in [-0.1, -0.05) is 38.8 Å². The number of hydrogen-bond acceptors (Lipinski definition) is 3. The first-order chi connectivity index (χ1) is 11.8. The highest BCUT2D eigenvalue weighted by Gasteiger charge is 2.84. The van der Waals surface area contributed by atoms with Crippen LogP contribution in [0.4, 0.5) is 0 Å². The van der Waals surface area contributed by atoms with Crippen LogP contribution >= 0.6 is 0 Å². The Labute approximate surface area is 150 Å². The van der Waals surface area contributed by atoms with Crippen molar-refractivity contribution in [2.45, 2.75) is 46.5 Å². The number of rotatable bonds is 5.